The average Bonchev–Trinajstić information content (AvgIpc) is 2.39. The van der Waals surface area contributed by atoms with Crippen LogP contribution in [0.2, 0.25) is 5.02 Å². The second-order valence-electron chi connectivity index (χ2n) is 5.24. The molecule has 0 spiro atoms. The highest BCUT2D eigenvalue weighted by Crippen LogP contribution is 2.19. The van der Waals surface area contributed by atoms with Crippen molar-refractivity contribution in [3.63, 3.8) is 0 Å². The van der Waals surface area contributed by atoms with E-state index >= 15 is 0 Å². The Morgan fingerprint density at radius 2 is 2.21 bits per heavy atom. The molecule has 2 rings (SSSR count). The van der Waals surface area contributed by atoms with Gasteiger partial charge in [-0.25, -0.2) is 0 Å². The average molecular weight is 281 g/mol. The van der Waals surface area contributed by atoms with Crippen LogP contribution in [0.15, 0.2) is 24.3 Å². The lowest BCUT2D eigenvalue weighted by Crippen LogP contribution is -2.33. The Labute approximate surface area is 119 Å². The molecule has 0 aromatic heterocycles. The van der Waals surface area contributed by atoms with Crippen LogP contribution in [0.5, 0.6) is 0 Å². The molecule has 0 radical (unpaired) electrons. The van der Waals surface area contributed by atoms with Crippen molar-refractivity contribution in [3.05, 3.63) is 34.9 Å². The van der Waals surface area contributed by atoms with Crippen LogP contribution in [0.1, 0.15) is 37.8 Å². The van der Waals surface area contributed by atoms with Crippen molar-refractivity contribution < 1.29 is 4.79 Å². The molecular formula is C15H21ClN2O. The fourth-order valence-electron chi connectivity index (χ4n) is 2.51. The van der Waals surface area contributed by atoms with Crippen LogP contribution in [-0.2, 0) is 4.79 Å². The zero-order valence-electron chi connectivity index (χ0n) is 11.3. The highest BCUT2D eigenvalue weighted by molar-refractivity contribution is 6.30. The van der Waals surface area contributed by atoms with Crippen molar-refractivity contribution in [2.75, 3.05) is 13.1 Å². The molecular weight excluding hydrogens is 260 g/mol. The Morgan fingerprint density at radius 3 is 2.89 bits per heavy atom. The van der Waals surface area contributed by atoms with E-state index in [1.165, 1.54) is 0 Å². The maximum Gasteiger partial charge on any atom is 0.220 e. The molecule has 1 aliphatic heterocycles. The van der Waals surface area contributed by atoms with Gasteiger partial charge in [-0.15, -0.1) is 0 Å². The monoisotopic (exact) mass is 280 g/mol. The lowest BCUT2D eigenvalue weighted by atomic mass is 9.94. The predicted octanol–water partition coefficient (Wildman–Crippen LogP) is 2.91. The van der Waals surface area contributed by atoms with Crippen LogP contribution in [0.4, 0.5) is 0 Å². The molecule has 1 atom stereocenters. The fraction of sp³-hybridized carbons (Fsp3) is 0.533. The SMILES string of the molecule is CC(NC(=O)CC1CCNCC1)c1cccc(Cl)c1. The molecule has 2 N–H and O–H groups in total. The molecule has 1 fully saturated rings. The number of benzene rings is 1. The number of hydrogen-bond acceptors (Lipinski definition) is 2. The van der Waals surface area contributed by atoms with E-state index in [0.29, 0.717) is 17.4 Å². The van der Waals surface area contributed by atoms with Crippen LogP contribution in [-0.4, -0.2) is 19.0 Å². The Morgan fingerprint density at radius 1 is 1.47 bits per heavy atom. The minimum absolute atomic E-state index is 0.00733. The topological polar surface area (TPSA) is 41.1 Å². The summed E-state index contributed by atoms with van der Waals surface area (Å²) in [6.07, 6.45) is 2.82. The molecule has 0 saturated carbocycles. The van der Waals surface area contributed by atoms with Crippen LogP contribution in [0.3, 0.4) is 0 Å². The largest absolute Gasteiger partial charge is 0.350 e. The molecule has 1 heterocycles. The molecule has 104 valence electrons. The molecule has 19 heavy (non-hydrogen) atoms. The van der Waals surface area contributed by atoms with E-state index in [9.17, 15) is 4.79 Å². The van der Waals surface area contributed by atoms with Gasteiger partial charge in [0.1, 0.15) is 0 Å². The van der Waals surface area contributed by atoms with Gasteiger partial charge < -0.3 is 10.6 Å². The number of piperidine rings is 1. The summed E-state index contributed by atoms with van der Waals surface area (Å²) in [6.45, 7) is 4.05. The van der Waals surface area contributed by atoms with Crippen molar-refractivity contribution >= 4 is 17.5 Å². The third-order valence-corrected chi connectivity index (χ3v) is 3.89. The van der Waals surface area contributed by atoms with Crippen LogP contribution in [0.25, 0.3) is 0 Å². The first-order chi connectivity index (χ1) is 9.15. The number of hydrogen-bond donors (Lipinski definition) is 2. The van der Waals surface area contributed by atoms with E-state index in [4.69, 9.17) is 11.6 Å². The molecule has 0 bridgehead atoms. The first-order valence-electron chi connectivity index (χ1n) is 6.90. The summed E-state index contributed by atoms with van der Waals surface area (Å²) in [5, 5.41) is 7.07. The second kappa shape index (κ2) is 6.92. The number of carbonyl (C=O) groups is 1. The Hall–Kier alpha value is -1.06. The van der Waals surface area contributed by atoms with Gasteiger partial charge in [-0.2, -0.15) is 0 Å². The Bertz CT molecular complexity index is 430. The summed E-state index contributed by atoms with van der Waals surface area (Å²) in [6, 6.07) is 7.65. The zero-order valence-corrected chi connectivity index (χ0v) is 12.0. The summed E-state index contributed by atoms with van der Waals surface area (Å²) in [4.78, 5) is 12.0. The number of nitrogens with one attached hydrogen (secondary N) is 2. The van der Waals surface area contributed by atoms with Crippen LogP contribution >= 0.6 is 11.6 Å². The van der Waals surface area contributed by atoms with E-state index in [0.717, 1.165) is 31.5 Å². The molecule has 4 heteroatoms. The minimum Gasteiger partial charge on any atom is -0.350 e. The minimum atomic E-state index is 0.00733. The van der Waals surface area contributed by atoms with E-state index in [1.807, 2.05) is 31.2 Å². The van der Waals surface area contributed by atoms with E-state index in [-0.39, 0.29) is 11.9 Å². The maximum absolute atomic E-state index is 12.0. The van der Waals surface area contributed by atoms with E-state index in [1.54, 1.807) is 0 Å². The van der Waals surface area contributed by atoms with Gasteiger partial charge in [0.2, 0.25) is 5.91 Å². The lowest BCUT2D eigenvalue weighted by molar-refractivity contribution is -0.122. The Balaban J connectivity index is 1.84. The number of carbonyl (C=O) groups excluding carboxylic acids is 1. The molecule has 3 nitrogen and oxygen atoms in total. The first-order valence-corrected chi connectivity index (χ1v) is 7.28. The molecule has 1 saturated heterocycles. The first kappa shape index (κ1) is 14.4. The van der Waals surface area contributed by atoms with Gasteiger partial charge >= 0.3 is 0 Å². The smallest absolute Gasteiger partial charge is 0.220 e. The normalized spacial score (nSPS) is 18.0. The van der Waals surface area contributed by atoms with Gasteiger partial charge in [0, 0.05) is 11.4 Å². The van der Waals surface area contributed by atoms with Crippen molar-refractivity contribution in [2.24, 2.45) is 5.92 Å². The van der Waals surface area contributed by atoms with Gasteiger partial charge in [-0.3, -0.25) is 4.79 Å². The number of amides is 1. The summed E-state index contributed by atoms with van der Waals surface area (Å²) < 4.78 is 0. The van der Waals surface area contributed by atoms with Crippen molar-refractivity contribution in [1.29, 1.82) is 0 Å². The van der Waals surface area contributed by atoms with Crippen LogP contribution in [0, 0.1) is 5.92 Å². The quantitative estimate of drug-likeness (QED) is 0.890. The third-order valence-electron chi connectivity index (χ3n) is 3.66. The maximum atomic E-state index is 12.0. The van der Waals surface area contributed by atoms with Crippen molar-refractivity contribution in [3.8, 4) is 0 Å². The Kier molecular flexibility index (Phi) is 5.23. The lowest BCUT2D eigenvalue weighted by Gasteiger charge is -2.23. The second-order valence-corrected chi connectivity index (χ2v) is 5.68. The highest BCUT2D eigenvalue weighted by Gasteiger charge is 2.18. The van der Waals surface area contributed by atoms with Crippen molar-refractivity contribution in [2.45, 2.75) is 32.2 Å². The summed E-state index contributed by atoms with van der Waals surface area (Å²) in [5.41, 5.74) is 1.05. The number of rotatable bonds is 4. The van der Waals surface area contributed by atoms with Crippen LogP contribution < -0.4 is 10.6 Å². The van der Waals surface area contributed by atoms with Gasteiger partial charge in [-0.1, -0.05) is 23.7 Å². The van der Waals surface area contributed by atoms with Gasteiger partial charge in [0.25, 0.3) is 0 Å². The molecule has 1 aromatic rings. The van der Waals surface area contributed by atoms with Gasteiger partial charge in [0.05, 0.1) is 6.04 Å². The molecule has 1 aliphatic rings. The zero-order chi connectivity index (χ0) is 13.7. The molecule has 1 unspecified atom stereocenters. The predicted molar refractivity (Wildman–Crippen MR) is 78.2 cm³/mol. The van der Waals surface area contributed by atoms with Gasteiger partial charge in [-0.05, 0) is 56.5 Å². The summed E-state index contributed by atoms with van der Waals surface area (Å²) in [5.74, 6) is 0.659. The number of halogens is 1. The molecule has 1 amide bonds. The third kappa shape index (κ3) is 4.51. The highest BCUT2D eigenvalue weighted by atomic mass is 35.5. The standard InChI is InChI=1S/C15H21ClN2O/c1-11(13-3-2-4-14(16)10-13)18-15(19)9-12-5-7-17-8-6-12/h2-4,10-12,17H,5-9H2,1H3,(H,18,19). The van der Waals surface area contributed by atoms with E-state index in [2.05, 4.69) is 10.6 Å². The van der Waals surface area contributed by atoms with Crippen molar-refractivity contribution in [1.82, 2.24) is 10.6 Å². The summed E-state index contributed by atoms with van der Waals surface area (Å²) in [7, 11) is 0. The fourth-order valence-corrected chi connectivity index (χ4v) is 2.71. The summed E-state index contributed by atoms with van der Waals surface area (Å²) >= 11 is 5.96. The van der Waals surface area contributed by atoms with E-state index < -0.39 is 0 Å². The molecule has 1 aromatic carbocycles. The molecule has 0 aliphatic carbocycles. The van der Waals surface area contributed by atoms with Gasteiger partial charge in [0.15, 0.2) is 0 Å².